The molecule has 0 aromatic rings. The molecule has 0 aliphatic heterocycles. The quantitative estimate of drug-likeness (QED) is 0.426. The number of rotatable bonds is 4. The number of hydrogen-bond donors (Lipinski definition) is 0. The van der Waals surface area contributed by atoms with E-state index in [-0.39, 0.29) is 5.92 Å². The van der Waals surface area contributed by atoms with Gasteiger partial charge in [0, 0.05) is 9.50 Å². The zero-order chi connectivity index (χ0) is 7.98. The first-order valence-corrected chi connectivity index (χ1v) is 4.27. The third-order valence-corrected chi connectivity index (χ3v) is 2.01. The number of carbonyl (C=O) groups is 1. The van der Waals surface area contributed by atoms with E-state index in [1.54, 1.807) is 6.08 Å². The molecule has 0 aliphatic rings. The van der Waals surface area contributed by atoms with Crippen molar-refractivity contribution in [3.63, 3.8) is 0 Å². The van der Waals surface area contributed by atoms with Crippen LogP contribution in [0.15, 0.2) is 22.3 Å². The van der Waals surface area contributed by atoms with Crippen LogP contribution in [0.3, 0.4) is 0 Å². The molecule has 56 valence electrons. The molecular formula is C8H11IO. The van der Waals surface area contributed by atoms with Gasteiger partial charge >= 0.3 is 0 Å². The highest BCUT2D eigenvalue weighted by atomic mass is 127. The zero-order valence-corrected chi connectivity index (χ0v) is 8.17. The first-order chi connectivity index (χ1) is 4.74. The lowest BCUT2D eigenvalue weighted by atomic mass is 10.1. The fraction of sp³-hybridized carbons (Fsp3) is 0.375. The summed E-state index contributed by atoms with van der Waals surface area (Å²) in [5, 5.41) is 0. The molecule has 0 aliphatic carbocycles. The summed E-state index contributed by atoms with van der Waals surface area (Å²) in [4.78, 5) is 10.3. The van der Waals surface area contributed by atoms with E-state index in [2.05, 4.69) is 29.2 Å². The fourth-order valence-corrected chi connectivity index (χ4v) is 0.988. The maximum absolute atomic E-state index is 10.3. The molecule has 0 rings (SSSR count). The summed E-state index contributed by atoms with van der Waals surface area (Å²) in [6, 6.07) is 0. The van der Waals surface area contributed by atoms with Gasteiger partial charge in [0.25, 0.3) is 0 Å². The Labute approximate surface area is 75.3 Å². The predicted molar refractivity (Wildman–Crippen MR) is 52.1 cm³/mol. The van der Waals surface area contributed by atoms with Gasteiger partial charge in [-0.3, -0.25) is 0 Å². The van der Waals surface area contributed by atoms with Crippen LogP contribution in [0, 0.1) is 5.92 Å². The van der Waals surface area contributed by atoms with Crippen molar-refractivity contribution >= 4 is 28.9 Å². The minimum atomic E-state index is 0.0601. The van der Waals surface area contributed by atoms with Gasteiger partial charge in [-0.1, -0.05) is 25.7 Å². The largest absolute Gasteiger partial charge is 0.303 e. The normalized spacial score (nSPS) is 14.4. The molecular weight excluding hydrogens is 239 g/mol. The van der Waals surface area contributed by atoms with Crippen LogP contribution >= 0.6 is 22.6 Å². The molecule has 0 aromatic carbocycles. The lowest BCUT2D eigenvalue weighted by Gasteiger charge is -1.98. The Morgan fingerprint density at radius 1 is 1.80 bits per heavy atom. The van der Waals surface area contributed by atoms with Gasteiger partial charge in [-0.05, 0) is 29.0 Å². The molecule has 0 fully saturated rings. The monoisotopic (exact) mass is 250 g/mol. The molecule has 0 radical (unpaired) electrons. The van der Waals surface area contributed by atoms with Crippen molar-refractivity contribution in [2.24, 2.45) is 5.92 Å². The molecule has 0 amide bonds. The van der Waals surface area contributed by atoms with Crippen LogP contribution in [0.25, 0.3) is 0 Å². The Bertz CT molecular complexity index is 149. The number of aldehydes is 1. The van der Waals surface area contributed by atoms with E-state index in [1.165, 1.54) is 0 Å². The second kappa shape index (κ2) is 5.65. The van der Waals surface area contributed by atoms with E-state index in [0.717, 1.165) is 16.3 Å². The summed E-state index contributed by atoms with van der Waals surface area (Å²) in [6.07, 6.45) is 5.49. The van der Waals surface area contributed by atoms with Gasteiger partial charge in [0.05, 0.1) is 0 Å². The first-order valence-electron chi connectivity index (χ1n) is 3.19. The van der Waals surface area contributed by atoms with Gasteiger partial charge in [0.15, 0.2) is 0 Å². The zero-order valence-electron chi connectivity index (χ0n) is 6.01. The fourth-order valence-electron chi connectivity index (χ4n) is 0.526. The summed E-state index contributed by atoms with van der Waals surface area (Å²) in [5.41, 5.74) is 0. The highest BCUT2D eigenvalue weighted by Gasteiger charge is 1.98. The third-order valence-electron chi connectivity index (χ3n) is 1.21. The van der Waals surface area contributed by atoms with E-state index in [1.807, 2.05) is 13.0 Å². The van der Waals surface area contributed by atoms with E-state index in [0.29, 0.717) is 0 Å². The maximum atomic E-state index is 10.3. The number of hydrogen-bond acceptors (Lipinski definition) is 1. The van der Waals surface area contributed by atoms with Crippen LogP contribution in [0.4, 0.5) is 0 Å². The second-order valence-electron chi connectivity index (χ2n) is 1.96. The van der Waals surface area contributed by atoms with Crippen molar-refractivity contribution in [1.29, 1.82) is 0 Å². The lowest BCUT2D eigenvalue weighted by molar-refractivity contribution is -0.109. The highest BCUT2D eigenvalue weighted by molar-refractivity contribution is 14.1. The molecule has 0 N–H and O–H groups in total. The van der Waals surface area contributed by atoms with Gasteiger partial charge < -0.3 is 4.79 Å². The van der Waals surface area contributed by atoms with Crippen molar-refractivity contribution in [3.05, 3.63) is 22.3 Å². The van der Waals surface area contributed by atoms with Crippen molar-refractivity contribution in [2.75, 3.05) is 0 Å². The second-order valence-corrected chi connectivity index (χ2v) is 3.21. The summed E-state index contributed by atoms with van der Waals surface area (Å²) in [5.74, 6) is 0.0601. The van der Waals surface area contributed by atoms with Crippen LogP contribution in [0.1, 0.15) is 13.3 Å². The SMILES string of the molecule is C=C/C(I)=C\C(C=O)CC. The van der Waals surface area contributed by atoms with Crippen molar-refractivity contribution in [1.82, 2.24) is 0 Å². The van der Waals surface area contributed by atoms with E-state index in [9.17, 15) is 4.79 Å². The average Bonchev–Trinajstić information content (AvgIpc) is 1.99. The van der Waals surface area contributed by atoms with Crippen LogP contribution in [0.2, 0.25) is 0 Å². The number of carbonyl (C=O) groups excluding carboxylic acids is 1. The molecule has 1 unspecified atom stereocenters. The molecule has 0 aromatic heterocycles. The predicted octanol–water partition coefficient (Wildman–Crippen LogP) is 2.72. The minimum Gasteiger partial charge on any atom is -0.303 e. The minimum absolute atomic E-state index is 0.0601. The molecule has 2 heteroatoms. The average molecular weight is 250 g/mol. The third kappa shape index (κ3) is 3.82. The lowest BCUT2D eigenvalue weighted by Crippen LogP contribution is -1.94. The van der Waals surface area contributed by atoms with Gasteiger partial charge in [-0.2, -0.15) is 0 Å². The number of allylic oxidation sites excluding steroid dienone is 3. The topological polar surface area (TPSA) is 17.1 Å². The number of halogens is 1. The Hall–Kier alpha value is -0.120. The van der Waals surface area contributed by atoms with E-state index < -0.39 is 0 Å². The molecule has 0 bridgehead atoms. The first kappa shape index (κ1) is 9.88. The molecule has 1 atom stereocenters. The molecule has 0 heterocycles. The summed E-state index contributed by atoms with van der Waals surface area (Å²) >= 11 is 2.15. The van der Waals surface area contributed by atoms with Crippen LogP contribution in [-0.4, -0.2) is 6.29 Å². The standard InChI is InChI=1S/C8H11IO/c1-3-7(6-10)5-8(9)4-2/h4-7H,2-3H2,1H3/b8-5+. The Morgan fingerprint density at radius 3 is 2.70 bits per heavy atom. The Morgan fingerprint density at radius 2 is 2.40 bits per heavy atom. The van der Waals surface area contributed by atoms with Crippen molar-refractivity contribution in [2.45, 2.75) is 13.3 Å². The van der Waals surface area contributed by atoms with Gasteiger partial charge in [-0.25, -0.2) is 0 Å². The molecule has 1 nitrogen and oxygen atoms in total. The van der Waals surface area contributed by atoms with Crippen LogP contribution in [0.5, 0.6) is 0 Å². The van der Waals surface area contributed by atoms with Gasteiger partial charge in [-0.15, -0.1) is 0 Å². The van der Waals surface area contributed by atoms with E-state index in [4.69, 9.17) is 0 Å². The summed E-state index contributed by atoms with van der Waals surface area (Å²) in [7, 11) is 0. The van der Waals surface area contributed by atoms with Crippen molar-refractivity contribution < 1.29 is 4.79 Å². The Kier molecular flexibility index (Phi) is 5.58. The van der Waals surface area contributed by atoms with Gasteiger partial charge in [0.1, 0.15) is 6.29 Å². The van der Waals surface area contributed by atoms with Crippen molar-refractivity contribution in [3.8, 4) is 0 Å². The molecule has 0 spiro atoms. The van der Waals surface area contributed by atoms with E-state index >= 15 is 0 Å². The molecule has 0 saturated heterocycles. The van der Waals surface area contributed by atoms with Crippen LogP contribution in [-0.2, 0) is 4.79 Å². The summed E-state index contributed by atoms with van der Waals surface area (Å²) < 4.78 is 1.04. The molecule has 10 heavy (non-hydrogen) atoms. The maximum Gasteiger partial charge on any atom is 0.126 e. The smallest absolute Gasteiger partial charge is 0.126 e. The summed E-state index contributed by atoms with van der Waals surface area (Å²) in [6.45, 7) is 5.58. The Balaban J connectivity index is 4.05. The van der Waals surface area contributed by atoms with Gasteiger partial charge in [0.2, 0.25) is 0 Å². The molecule has 0 saturated carbocycles. The highest BCUT2D eigenvalue weighted by Crippen LogP contribution is 2.11. The van der Waals surface area contributed by atoms with Crippen LogP contribution < -0.4 is 0 Å².